The van der Waals surface area contributed by atoms with Gasteiger partial charge >= 0.3 is 0 Å². The van der Waals surface area contributed by atoms with Gasteiger partial charge in [0.25, 0.3) is 0 Å². The normalized spacial score (nSPS) is 27.3. The lowest BCUT2D eigenvalue weighted by Gasteiger charge is -2.42. The van der Waals surface area contributed by atoms with Gasteiger partial charge in [-0.15, -0.1) is 11.3 Å². The smallest absolute Gasteiger partial charge is 0.185 e. The van der Waals surface area contributed by atoms with E-state index in [1.165, 1.54) is 36.8 Å². The van der Waals surface area contributed by atoms with Crippen LogP contribution in [0.15, 0.2) is 5.38 Å². The molecule has 1 aromatic rings. The van der Waals surface area contributed by atoms with Crippen molar-refractivity contribution < 1.29 is 0 Å². The van der Waals surface area contributed by atoms with Crippen LogP contribution in [0.2, 0.25) is 0 Å². The molecule has 2 atom stereocenters. The summed E-state index contributed by atoms with van der Waals surface area (Å²) in [7, 11) is 0. The van der Waals surface area contributed by atoms with E-state index in [1.54, 1.807) is 11.3 Å². The summed E-state index contributed by atoms with van der Waals surface area (Å²) in [6.45, 7) is 11.2. The Morgan fingerprint density at radius 3 is 3.10 bits per heavy atom. The minimum absolute atomic E-state index is 0.515. The molecule has 0 saturated carbocycles. The maximum atomic E-state index is 4.83. The molecule has 0 aromatic carbocycles. The van der Waals surface area contributed by atoms with Gasteiger partial charge in [0.1, 0.15) is 0 Å². The van der Waals surface area contributed by atoms with Crippen molar-refractivity contribution in [2.75, 3.05) is 24.5 Å². The van der Waals surface area contributed by atoms with Gasteiger partial charge in [0, 0.05) is 43.1 Å². The fraction of sp³-hybridized carbons (Fsp3) is 0.800. The number of piperazine rings is 1. The molecule has 20 heavy (non-hydrogen) atoms. The molecule has 0 amide bonds. The van der Waals surface area contributed by atoms with Gasteiger partial charge in [-0.05, 0) is 26.3 Å². The van der Waals surface area contributed by atoms with Crippen LogP contribution >= 0.6 is 11.3 Å². The van der Waals surface area contributed by atoms with Gasteiger partial charge < -0.3 is 10.2 Å². The second-order valence-corrected chi connectivity index (χ2v) is 7.29. The van der Waals surface area contributed by atoms with Crippen LogP contribution in [0, 0.1) is 0 Å². The zero-order valence-electron chi connectivity index (χ0n) is 12.8. The highest BCUT2D eigenvalue weighted by Gasteiger charge is 2.35. The fourth-order valence-electron chi connectivity index (χ4n) is 3.27. The van der Waals surface area contributed by atoms with E-state index in [9.17, 15) is 0 Å². The van der Waals surface area contributed by atoms with E-state index in [0.29, 0.717) is 12.1 Å². The molecule has 0 spiro atoms. The van der Waals surface area contributed by atoms with Crippen LogP contribution in [0.3, 0.4) is 0 Å². The van der Waals surface area contributed by atoms with Crippen LogP contribution < -0.4 is 10.2 Å². The molecule has 112 valence electrons. The summed E-state index contributed by atoms with van der Waals surface area (Å²) < 4.78 is 0. The summed E-state index contributed by atoms with van der Waals surface area (Å²) in [4.78, 5) is 10.0. The van der Waals surface area contributed by atoms with Gasteiger partial charge in [0.15, 0.2) is 5.13 Å². The van der Waals surface area contributed by atoms with Crippen molar-refractivity contribution in [3.63, 3.8) is 0 Å². The molecule has 1 N–H and O–H groups in total. The SMILES string of the molecule is CC(C)NCc1csc(N2CC3CCCN3CC2C)n1. The molecule has 5 heteroatoms. The summed E-state index contributed by atoms with van der Waals surface area (Å²) in [5.41, 5.74) is 1.18. The lowest BCUT2D eigenvalue weighted by Crippen LogP contribution is -2.55. The minimum Gasteiger partial charge on any atom is -0.343 e. The first-order valence-corrected chi connectivity index (χ1v) is 8.70. The number of rotatable bonds is 4. The third kappa shape index (κ3) is 3.00. The number of aromatic nitrogens is 1. The van der Waals surface area contributed by atoms with Crippen molar-refractivity contribution in [3.8, 4) is 0 Å². The first kappa shape index (κ1) is 14.3. The quantitative estimate of drug-likeness (QED) is 0.923. The number of hydrogen-bond donors (Lipinski definition) is 1. The van der Waals surface area contributed by atoms with Crippen molar-refractivity contribution in [1.82, 2.24) is 15.2 Å². The van der Waals surface area contributed by atoms with Crippen molar-refractivity contribution >= 4 is 16.5 Å². The van der Waals surface area contributed by atoms with Gasteiger partial charge in [-0.1, -0.05) is 13.8 Å². The molecule has 1 aromatic heterocycles. The summed E-state index contributed by atoms with van der Waals surface area (Å²) in [5.74, 6) is 0. The Labute approximate surface area is 126 Å². The maximum absolute atomic E-state index is 4.83. The lowest BCUT2D eigenvalue weighted by atomic mass is 10.1. The van der Waals surface area contributed by atoms with Crippen LogP contribution in [0.1, 0.15) is 39.3 Å². The predicted molar refractivity (Wildman–Crippen MR) is 85.5 cm³/mol. The largest absolute Gasteiger partial charge is 0.343 e. The lowest BCUT2D eigenvalue weighted by molar-refractivity contribution is 0.203. The van der Waals surface area contributed by atoms with E-state index >= 15 is 0 Å². The molecule has 0 bridgehead atoms. The van der Waals surface area contributed by atoms with Crippen LogP contribution in [0.4, 0.5) is 5.13 Å². The average molecular weight is 294 g/mol. The van der Waals surface area contributed by atoms with Crippen LogP contribution in [0.5, 0.6) is 0 Å². The molecule has 2 fully saturated rings. The van der Waals surface area contributed by atoms with Crippen LogP contribution in [-0.4, -0.2) is 47.6 Å². The first-order chi connectivity index (χ1) is 9.63. The topological polar surface area (TPSA) is 31.4 Å². The first-order valence-electron chi connectivity index (χ1n) is 7.82. The summed E-state index contributed by atoms with van der Waals surface area (Å²) >= 11 is 1.80. The number of thiazole rings is 1. The highest BCUT2D eigenvalue weighted by atomic mass is 32.1. The molecule has 4 nitrogen and oxygen atoms in total. The van der Waals surface area contributed by atoms with Gasteiger partial charge in [-0.25, -0.2) is 4.98 Å². The van der Waals surface area contributed by atoms with Gasteiger partial charge in [-0.3, -0.25) is 4.90 Å². The Bertz CT molecular complexity index is 445. The van der Waals surface area contributed by atoms with Gasteiger partial charge in [0.2, 0.25) is 0 Å². The number of hydrogen-bond acceptors (Lipinski definition) is 5. The van der Waals surface area contributed by atoms with Crippen molar-refractivity contribution in [2.45, 2.75) is 58.3 Å². The average Bonchev–Trinajstić information content (AvgIpc) is 3.03. The molecule has 2 saturated heterocycles. The van der Waals surface area contributed by atoms with E-state index in [2.05, 4.69) is 41.3 Å². The third-order valence-corrected chi connectivity index (χ3v) is 5.34. The second kappa shape index (κ2) is 6.00. The highest BCUT2D eigenvalue weighted by molar-refractivity contribution is 7.13. The Hall–Kier alpha value is -0.650. The van der Waals surface area contributed by atoms with Crippen molar-refractivity contribution in [1.29, 1.82) is 0 Å². The number of fused-ring (bicyclic) bond motifs is 1. The Morgan fingerprint density at radius 1 is 1.45 bits per heavy atom. The minimum atomic E-state index is 0.515. The number of nitrogens with one attached hydrogen (secondary N) is 1. The van der Waals surface area contributed by atoms with Crippen molar-refractivity contribution in [2.24, 2.45) is 0 Å². The van der Waals surface area contributed by atoms with Crippen LogP contribution in [0.25, 0.3) is 0 Å². The van der Waals surface area contributed by atoms with E-state index in [1.807, 2.05) is 0 Å². The summed E-state index contributed by atoms with van der Waals surface area (Å²) in [6.07, 6.45) is 2.73. The monoisotopic (exact) mass is 294 g/mol. The molecule has 2 aliphatic heterocycles. The maximum Gasteiger partial charge on any atom is 0.185 e. The molecular formula is C15H26N4S. The number of anilines is 1. The predicted octanol–water partition coefficient (Wildman–Crippen LogP) is 2.31. The molecule has 2 unspecified atom stereocenters. The fourth-order valence-corrected chi connectivity index (χ4v) is 4.21. The van der Waals surface area contributed by atoms with E-state index < -0.39 is 0 Å². The van der Waals surface area contributed by atoms with E-state index in [0.717, 1.165) is 19.1 Å². The Balaban J connectivity index is 1.66. The highest BCUT2D eigenvalue weighted by Crippen LogP contribution is 2.30. The van der Waals surface area contributed by atoms with E-state index in [4.69, 9.17) is 4.98 Å². The standard InChI is InChI=1S/C15H26N4S/c1-11(2)16-7-13-10-20-15(17-13)19-9-14-5-4-6-18(14)8-12(19)3/h10-12,14,16H,4-9H2,1-3H3. The van der Waals surface area contributed by atoms with Crippen molar-refractivity contribution in [3.05, 3.63) is 11.1 Å². The van der Waals surface area contributed by atoms with E-state index in [-0.39, 0.29) is 0 Å². The zero-order valence-corrected chi connectivity index (χ0v) is 13.6. The van der Waals surface area contributed by atoms with Gasteiger partial charge in [0.05, 0.1) is 5.69 Å². The summed E-state index contributed by atoms with van der Waals surface area (Å²) in [6, 6.07) is 1.86. The Morgan fingerprint density at radius 2 is 2.30 bits per heavy atom. The molecule has 3 heterocycles. The number of nitrogens with zero attached hydrogens (tertiary/aromatic N) is 3. The molecule has 3 rings (SSSR count). The van der Waals surface area contributed by atoms with Gasteiger partial charge in [-0.2, -0.15) is 0 Å². The second-order valence-electron chi connectivity index (χ2n) is 6.45. The van der Waals surface area contributed by atoms with Crippen LogP contribution in [-0.2, 0) is 6.54 Å². The Kier molecular flexibility index (Phi) is 4.29. The molecule has 2 aliphatic rings. The zero-order chi connectivity index (χ0) is 14.1. The molecule has 0 radical (unpaired) electrons. The third-order valence-electron chi connectivity index (χ3n) is 4.41. The molecule has 0 aliphatic carbocycles. The molecular weight excluding hydrogens is 268 g/mol. The summed E-state index contributed by atoms with van der Waals surface area (Å²) in [5, 5.41) is 6.86.